The Balaban J connectivity index is 2.08. The van der Waals surface area contributed by atoms with Gasteiger partial charge < -0.3 is 27.0 Å². The molecule has 24 heavy (non-hydrogen) atoms. The normalized spacial score (nSPS) is 15.3. The van der Waals surface area contributed by atoms with Gasteiger partial charge in [0.2, 0.25) is 11.9 Å². The van der Waals surface area contributed by atoms with Crippen molar-refractivity contribution in [2.24, 2.45) is 27.2 Å². The summed E-state index contributed by atoms with van der Waals surface area (Å²) in [5.74, 6) is -0.00962. The van der Waals surface area contributed by atoms with Crippen LogP contribution in [0.1, 0.15) is 13.3 Å². The van der Waals surface area contributed by atoms with Crippen LogP contribution in [0.25, 0.3) is 0 Å². The van der Waals surface area contributed by atoms with Crippen molar-refractivity contribution in [3.63, 3.8) is 0 Å². The average molecular weight is 352 g/mol. The summed E-state index contributed by atoms with van der Waals surface area (Å²) in [6, 6.07) is 5.37. The van der Waals surface area contributed by atoms with Crippen molar-refractivity contribution in [3.8, 4) is 0 Å². The third-order valence-electron chi connectivity index (χ3n) is 3.69. The number of anilines is 1. The van der Waals surface area contributed by atoms with Crippen molar-refractivity contribution < 1.29 is 4.79 Å². The Bertz CT molecular complexity index is 662. The van der Waals surface area contributed by atoms with E-state index in [0.717, 1.165) is 18.8 Å². The van der Waals surface area contributed by atoms with Gasteiger partial charge in [-0.2, -0.15) is 4.99 Å². The number of carbonyl (C=O) groups excluding carboxylic acids is 1. The number of carbonyl (C=O) groups is 1. The van der Waals surface area contributed by atoms with Gasteiger partial charge in [-0.1, -0.05) is 18.5 Å². The van der Waals surface area contributed by atoms with Crippen molar-refractivity contribution >= 4 is 40.8 Å². The molecule has 1 saturated heterocycles. The maximum absolute atomic E-state index is 11.7. The topological polar surface area (TPSA) is 126 Å². The number of hydrogen-bond acceptors (Lipinski definition) is 3. The highest BCUT2D eigenvalue weighted by atomic mass is 35.5. The van der Waals surface area contributed by atoms with Crippen LogP contribution in [-0.2, 0) is 4.79 Å². The molecule has 0 spiro atoms. The van der Waals surface area contributed by atoms with Crippen LogP contribution in [0.2, 0.25) is 5.02 Å². The minimum absolute atomic E-state index is 0.0366. The van der Waals surface area contributed by atoms with Crippen LogP contribution >= 0.6 is 11.6 Å². The molecule has 6 N–H and O–H groups in total. The van der Waals surface area contributed by atoms with Crippen LogP contribution < -0.4 is 22.1 Å². The number of hydrogen-bond donors (Lipinski definition) is 3. The molecule has 1 aliphatic heterocycles. The molecule has 9 heteroatoms. The number of benzene rings is 1. The van der Waals surface area contributed by atoms with Crippen LogP contribution in [0, 0.1) is 0 Å². The van der Waals surface area contributed by atoms with Crippen LogP contribution in [0.4, 0.5) is 11.4 Å². The molecule has 1 amide bonds. The number of piperazine rings is 1. The minimum Gasteiger partial charge on any atom is -0.370 e. The molecule has 2 rings (SSSR count). The zero-order valence-corrected chi connectivity index (χ0v) is 14.3. The van der Waals surface area contributed by atoms with Crippen molar-refractivity contribution in [1.82, 2.24) is 4.90 Å². The van der Waals surface area contributed by atoms with E-state index in [-0.39, 0.29) is 17.8 Å². The summed E-state index contributed by atoms with van der Waals surface area (Å²) in [5, 5.41) is 0.559. The second kappa shape index (κ2) is 7.87. The van der Waals surface area contributed by atoms with Gasteiger partial charge in [-0.15, -0.1) is 0 Å². The van der Waals surface area contributed by atoms with E-state index in [2.05, 4.69) is 14.9 Å². The highest BCUT2D eigenvalue weighted by Gasteiger charge is 2.21. The third-order valence-corrected chi connectivity index (χ3v) is 4.00. The zero-order valence-electron chi connectivity index (χ0n) is 13.6. The lowest BCUT2D eigenvalue weighted by atomic mass is 10.2. The van der Waals surface area contributed by atoms with E-state index in [1.54, 1.807) is 12.1 Å². The summed E-state index contributed by atoms with van der Waals surface area (Å²) >= 11 is 6.36. The Morgan fingerprint density at radius 3 is 2.42 bits per heavy atom. The summed E-state index contributed by atoms with van der Waals surface area (Å²) in [5.41, 5.74) is 17.6. The standard InChI is InChI=1S/C15H22ClN7O/c1-2-13(24)23-7-5-22(6-8-23)12-4-3-10(9-11(12)16)20-15(19)21-14(17)18/h3-4,9H,2,5-8H2,1H3,(H6,17,18,19,20,21). The summed E-state index contributed by atoms with van der Waals surface area (Å²) in [7, 11) is 0. The maximum atomic E-state index is 11.7. The molecule has 1 aromatic rings. The van der Waals surface area contributed by atoms with Crippen molar-refractivity contribution in [2.75, 3.05) is 31.1 Å². The summed E-state index contributed by atoms with van der Waals surface area (Å²) in [4.78, 5) is 23.5. The number of aliphatic imine (C=N–C) groups is 2. The molecule has 0 radical (unpaired) electrons. The highest BCUT2D eigenvalue weighted by molar-refractivity contribution is 6.33. The molecule has 0 atom stereocenters. The molecule has 0 bridgehead atoms. The molecule has 0 saturated carbocycles. The zero-order chi connectivity index (χ0) is 17.7. The smallest absolute Gasteiger partial charge is 0.223 e. The van der Waals surface area contributed by atoms with Crippen LogP contribution in [0.5, 0.6) is 0 Å². The lowest BCUT2D eigenvalue weighted by molar-refractivity contribution is -0.131. The number of nitrogens with zero attached hydrogens (tertiary/aromatic N) is 4. The fourth-order valence-electron chi connectivity index (χ4n) is 2.53. The number of rotatable bonds is 3. The number of halogens is 1. The van der Waals surface area contributed by atoms with Gasteiger partial charge in [-0.3, -0.25) is 4.79 Å². The Hall–Kier alpha value is -2.48. The molecule has 0 unspecified atom stereocenters. The Labute approximate surface area is 146 Å². The molecule has 0 aromatic heterocycles. The van der Waals surface area contributed by atoms with Gasteiger partial charge in [0.25, 0.3) is 0 Å². The van der Waals surface area contributed by atoms with E-state index < -0.39 is 0 Å². The van der Waals surface area contributed by atoms with Crippen LogP contribution in [0.3, 0.4) is 0 Å². The van der Waals surface area contributed by atoms with E-state index >= 15 is 0 Å². The van der Waals surface area contributed by atoms with Crippen LogP contribution in [-0.4, -0.2) is 48.9 Å². The second-order valence-corrected chi connectivity index (χ2v) is 5.77. The molecule has 1 aliphatic rings. The lowest BCUT2D eigenvalue weighted by Gasteiger charge is -2.36. The van der Waals surface area contributed by atoms with Gasteiger partial charge in [0, 0.05) is 32.6 Å². The summed E-state index contributed by atoms with van der Waals surface area (Å²) in [6.07, 6.45) is 0.532. The molecule has 1 aromatic carbocycles. The minimum atomic E-state index is -0.154. The van der Waals surface area contributed by atoms with Gasteiger partial charge in [0.15, 0.2) is 5.96 Å². The van der Waals surface area contributed by atoms with E-state index in [9.17, 15) is 4.79 Å². The molecular weight excluding hydrogens is 330 g/mol. The average Bonchev–Trinajstić information content (AvgIpc) is 2.53. The maximum Gasteiger partial charge on any atom is 0.223 e. The first-order chi connectivity index (χ1) is 11.4. The predicted molar refractivity (Wildman–Crippen MR) is 97.6 cm³/mol. The molecule has 0 aliphatic carbocycles. The largest absolute Gasteiger partial charge is 0.370 e. The van der Waals surface area contributed by atoms with Gasteiger partial charge in [0.1, 0.15) is 0 Å². The van der Waals surface area contributed by atoms with E-state index in [1.165, 1.54) is 0 Å². The van der Waals surface area contributed by atoms with Gasteiger partial charge >= 0.3 is 0 Å². The monoisotopic (exact) mass is 351 g/mol. The quantitative estimate of drug-likeness (QED) is 0.543. The molecular formula is C15H22ClN7O. The Kier molecular flexibility index (Phi) is 5.86. The van der Waals surface area contributed by atoms with E-state index in [1.807, 2.05) is 17.9 Å². The second-order valence-electron chi connectivity index (χ2n) is 5.36. The number of amides is 1. The summed E-state index contributed by atoms with van der Waals surface area (Å²) < 4.78 is 0. The Morgan fingerprint density at radius 2 is 1.88 bits per heavy atom. The first kappa shape index (κ1) is 17.9. The molecule has 1 heterocycles. The number of nitrogens with two attached hydrogens (primary N) is 3. The predicted octanol–water partition coefficient (Wildman–Crippen LogP) is 0.618. The van der Waals surface area contributed by atoms with Crippen molar-refractivity contribution in [1.29, 1.82) is 0 Å². The van der Waals surface area contributed by atoms with Gasteiger partial charge in [-0.25, -0.2) is 4.99 Å². The van der Waals surface area contributed by atoms with Crippen molar-refractivity contribution in [2.45, 2.75) is 13.3 Å². The first-order valence-corrected chi connectivity index (χ1v) is 8.04. The molecule has 130 valence electrons. The fourth-order valence-corrected chi connectivity index (χ4v) is 2.83. The highest BCUT2D eigenvalue weighted by Crippen LogP contribution is 2.30. The lowest BCUT2D eigenvalue weighted by Crippen LogP contribution is -2.48. The molecule has 8 nitrogen and oxygen atoms in total. The number of guanidine groups is 2. The third kappa shape index (κ3) is 4.51. The van der Waals surface area contributed by atoms with Crippen molar-refractivity contribution in [3.05, 3.63) is 23.2 Å². The Morgan fingerprint density at radius 1 is 1.21 bits per heavy atom. The SMILES string of the molecule is CCC(=O)N1CCN(c2ccc(N=C(N)N=C(N)N)cc2Cl)CC1. The summed E-state index contributed by atoms with van der Waals surface area (Å²) in [6.45, 7) is 4.74. The fraction of sp³-hybridized carbons (Fsp3) is 0.400. The first-order valence-electron chi connectivity index (χ1n) is 7.66. The van der Waals surface area contributed by atoms with Gasteiger partial charge in [0.05, 0.1) is 16.4 Å². The molecule has 1 fully saturated rings. The van der Waals surface area contributed by atoms with E-state index in [0.29, 0.717) is 30.2 Å². The van der Waals surface area contributed by atoms with Gasteiger partial charge in [-0.05, 0) is 18.2 Å². The van der Waals surface area contributed by atoms with E-state index in [4.69, 9.17) is 28.8 Å². The van der Waals surface area contributed by atoms with Crippen LogP contribution in [0.15, 0.2) is 28.2 Å².